The van der Waals surface area contributed by atoms with Gasteiger partial charge in [0.05, 0.1) is 37.1 Å². The first-order chi connectivity index (χ1) is 14.8. The minimum Gasteiger partial charge on any atom is -0.493 e. The maximum Gasteiger partial charge on any atom is 0.337 e. The van der Waals surface area contributed by atoms with Crippen LogP contribution in [0.4, 0.5) is 10.5 Å². The Morgan fingerprint density at radius 1 is 1.03 bits per heavy atom. The van der Waals surface area contributed by atoms with E-state index >= 15 is 0 Å². The Bertz CT molecular complexity index is 1110. The molecule has 0 radical (unpaired) electrons. The van der Waals surface area contributed by atoms with Gasteiger partial charge in [0.15, 0.2) is 11.5 Å². The molecule has 0 atom stereocenters. The van der Waals surface area contributed by atoms with E-state index in [1.54, 1.807) is 12.1 Å². The Balaban J connectivity index is 2.00. The number of halogens is 1. The Hall–Kier alpha value is -3.66. The number of rotatable bonds is 5. The maximum atomic E-state index is 13.0. The highest BCUT2D eigenvalue weighted by Gasteiger charge is 2.37. The number of anilines is 1. The molecule has 4 amide bonds. The van der Waals surface area contributed by atoms with Crippen LogP contribution in [0, 0.1) is 0 Å². The average Bonchev–Trinajstić information content (AvgIpc) is 2.76. The molecule has 10 heteroatoms. The van der Waals surface area contributed by atoms with E-state index in [1.807, 2.05) is 0 Å². The van der Waals surface area contributed by atoms with Crippen LogP contribution < -0.4 is 19.7 Å². The molecule has 0 saturated carbocycles. The third-order valence-electron chi connectivity index (χ3n) is 4.42. The topological polar surface area (TPSA) is 111 Å². The van der Waals surface area contributed by atoms with Crippen LogP contribution in [0.25, 0.3) is 6.08 Å². The van der Waals surface area contributed by atoms with Gasteiger partial charge in [0.25, 0.3) is 11.8 Å². The van der Waals surface area contributed by atoms with Crippen molar-refractivity contribution in [3.05, 3.63) is 57.6 Å². The van der Waals surface area contributed by atoms with Gasteiger partial charge in [0.2, 0.25) is 0 Å². The van der Waals surface area contributed by atoms with Gasteiger partial charge in [-0.2, -0.15) is 0 Å². The molecule has 0 spiro atoms. The Morgan fingerprint density at radius 3 is 2.29 bits per heavy atom. The number of esters is 1. The molecular weight excluding hydrogens is 472 g/mol. The number of barbiturate groups is 1. The second kappa shape index (κ2) is 9.00. The fourth-order valence-electron chi connectivity index (χ4n) is 2.94. The second-order valence-electron chi connectivity index (χ2n) is 6.23. The molecule has 2 aromatic rings. The fourth-order valence-corrected chi connectivity index (χ4v) is 3.57. The van der Waals surface area contributed by atoms with Crippen LogP contribution in [-0.4, -0.2) is 45.1 Å². The minimum atomic E-state index is -0.897. The van der Waals surface area contributed by atoms with Crippen molar-refractivity contribution >= 4 is 51.5 Å². The number of ether oxygens (including phenoxy) is 3. The van der Waals surface area contributed by atoms with Crippen molar-refractivity contribution in [2.75, 3.05) is 26.2 Å². The van der Waals surface area contributed by atoms with Gasteiger partial charge in [-0.25, -0.2) is 14.5 Å². The highest BCUT2D eigenvalue weighted by Crippen LogP contribution is 2.37. The molecule has 1 fully saturated rings. The molecule has 9 nitrogen and oxygen atoms in total. The molecule has 1 N–H and O–H groups in total. The van der Waals surface area contributed by atoms with Gasteiger partial charge < -0.3 is 14.2 Å². The van der Waals surface area contributed by atoms with Gasteiger partial charge in [0.1, 0.15) is 5.57 Å². The third-order valence-corrected chi connectivity index (χ3v) is 5.00. The van der Waals surface area contributed by atoms with E-state index < -0.39 is 23.8 Å². The predicted molar refractivity (Wildman–Crippen MR) is 114 cm³/mol. The molecule has 1 aliphatic heterocycles. The van der Waals surface area contributed by atoms with Crippen LogP contribution in [0.3, 0.4) is 0 Å². The Morgan fingerprint density at radius 2 is 1.71 bits per heavy atom. The van der Waals surface area contributed by atoms with Gasteiger partial charge >= 0.3 is 12.0 Å². The van der Waals surface area contributed by atoms with Crippen LogP contribution in [0.1, 0.15) is 15.9 Å². The molecule has 0 aromatic heterocycles. The van der Waals surface area contributed by atoms with E-state index in [9.17, 15) is 19.2 Å². The molecule has 1 aliphatic rings. The number of benzene rings is 2. The van der Waals surface area contributed by atoms with Gasteiger partial charge in [-0.15, -0.1) is 0 Å². The van der Waals surface area contributed by atoms with E-state index in [0.29, 0.717) is 21.5 Å². The zero-order valence-corrected chi connectivity index (χ0v) is 18.3. The number of carbonyl (C=O) groups excluding carboxylic acids is 4. The first kappa shape index (κ1) is 22.0. The SMILES string of the molecule is COC(=O)c1ccc(N2C(=O)NC(=O)/C(=C/c3cc(Br)c(OC)c(OC)c3)C2=O)cc1. The standard InChI is InChI=1S/C21H17BrN2O7/c1-29-16-10-11(9-15(22)17(16)30-2)8-14-18(25)23-21(28)24(19(14)26)13-6-4-12(5-7-13)20(27)31-3/h4-10H,1-3H3,(H,23,25,28)/b14-8-. The first-order valence-electron chi connectivity index (χ1n) is 8.82. The molecule has 1 saturated heterocycles. The van der Waals surface area contributed by atoms with E-state index in [4.69, 9.17) is 9.47 Å². The summed E-state index contributed by atoms with van der Waals surface area (Å²) >= 11 is 3.35. The minimum absolute atomic E-state index is 0.182. The van der Waals surface area contributed by atoms with Crippen molar-refractivity contribution in [2.24, 2.45) is 0 Å². The second-order valence-corrected chi connectivity index (χ2v) is 7.09. The van der Waals surface area contributed by atoms with Crippen LogP contribution in [0.2, 0.25) is 0 Å². The highest BCUT2D eigenvalue weighted by molar-refractivity contribution is 9.10. The van der Waals surface area contributed by atoms with Gasteiger partial charge in [-0.05, 0) is 64.0 Å². The molecule has 1 heterocycles. The Kier molecular flexibility index (Phi) is 6.40. The number of methoxy groups -OCH3 is 3. The summed E-state index contributed by atoms with van der Waals surface area (Å²) in [6, 6.07) is 7.96. The summed E-state index contributed by atoms with van der Waals surface area (Å²) in [5.41, 5.74) is 0.648. The van der Waals surface area contributed by atoms with E-state index in [2.05, 4.69) is 26.0 Å². The molecule has 0 aliphatic carbocycles. The predicted octanol–water partition coefficient (Wildman–Crippen LogP) is 2.92. The molecule has 31 heavy (non-hydrogen) atoms. The molecule has 0 bridgehead atoms. The number of nitrogens with zero attached hydrogens (tertiary/aromatic N) is 1. The number of nitrogens with one attached hydrogen (secondary N) is 1. The van der Waals surface area contributed by atoms with Gasteiger partial charge in [-0.1, -0.05) is 0 Å². The van der Waals surface area contributed by atoms with Crippen LogP contribution >= 0.6 is 15.9 Å². The first-order valence-corrected chi connectivity index (χ1v) is 9.61. The van der Waals surface area contributed by atoms with Crippen molar-refractivity contribution in [1.29, 1.82) is 0 Å². The van der Waals surface area contributed by atoms with Crippen molar-refractivity contribution < 1.29 is 33.4 Å². The van der Waals surface area contributed by atoms with Crippen LogP contribution in [-0.2, 0) is 14.3 Å². The molecule has 2 aromatic carbocycles. The Labute approximate surface area is 185 Å². The summed E-state index contributed by atoms with van der Waals surface area (Å²) < 4.78 is 15.7. The van der Waals surface area contributed by atoms with Gasteiger partial charge in [0, 0.05) is 0 Å². The lowest BCUT2D eigenvalue weighted by Gasteiger charge is -2.26. The number of urea groups is 1. The maximum absolute atomic E-state index is 13.0. The lowest BCUT2D eigenvalue weighted by Crippen LogP contribution is -2.54. The molecule has 3 rings (SSSR count). The van der Waals surface area contributed by atoms with E-state index in [1.165, 1.54) is 51.7 Å². The molecule has 0 unspecified atom stereocenters. The highest BCUT2D eigenvalue weighted by atomic mass is 79.9. The average molecular weight is 489 g/mol. The lowest BCUT2D eigenvalue weighted by molar-refractivity contribution is -0.122. The summed E-state index contributed by atoms with van der Waals surface area (Å²) in [5, 5.41) is 2.14. The summed E-state index contributed by atoms with van der Waals surface area (Å²) in [6.45, 7) is 0. The summed E-state index contributed by atoms with van der Waals surface area (Å²) in [5.74, 6) is -1.37. The fraction of sp³-hybridized carbons (Fsp3) is 0.143. The molecular formula is C21H17BrN2O7. The quantitative estimate of drug-likeness (QED) is 0.391. The largest absolute Gasteiger partial charge is 0.493 e. The van der Waals surface area contributed by atoms with Gasteiger partial charge in [-0.3, -0.25) is 14.9 Å². The summed E-state index contributed by atoms with van der Waals surface area (Å²) in [6.07, 6.45) is 1.34. The van der Waals surface area contributed by atoms with E-state index in [-0.39, 0.29) is 16.8 Å². The number of hydrogen-bond donors (Lipinski definition) is 1. The zero-order valence-electron chi connectivity index (χ0n) is 16.7. The molecule has 160 valence electrons. The van der Waals surface area contributed by atoms with Crippen LogP contribution in [0.5, 0.6) is 11.5 Å². The zero-order chi connectivity index (χ0) is 22.7. The van der Waals surface area contributed by atoms with E-state index in [0.717, 1.165) is 4.90 Å². The summed E-state index contributed by atoms with van der Waals surface area (Å²) in [7, 11) is 4.18. The number of carbonyl (C=O) groups is 4. The third kappa shape index (κ3) is 4.29. The van der Waals surface area contributed by atoms with Crippen LogP contribution in [0.15, 0.2) is 46.4 Å². The smallest absolute Gasteiger partial charge is 0.337 e. The lowest BCUT2D eigenvalue weighted by atomic mass is 10.1. The van der Waals surface area contributed by atoms with Crippen molar-refractivity contribution in [3.63, 3.8) is 0 Å². The monoisotopic (exact) mass is 488 g/mol. The van der Waals surface area contributed by atoms with Crippen molar-refractivity contribution in [2.45, 2.75) is 0 Å². The van der Waals surface area contributed by atoms with Crippen molar-refractivity contribution in [1.82, 2.24) is 5.32 Å². The van der Waals surface area contributed by atoms with Crippen molar-refractivity contribution in [3.8, 4) is 11.5 Å². The normalized spacial score (nSPS) is 15.0. The number of imide groups is 2. The number of amides is 4. The number of hydrogen-bond acceptors (Lipinski definition) is 7. The summed E-state index contributed by atoms with van der Waals surface area (Å²) in [4.78, 5) is 50.1.